The molecule has 96 valence electrons. The van der Waals surface area contributed by atoms with Crippen LogP contribution in [-0.2, 0) is 6.54 Å². The van der Waals surface area contributed by atoms with Crippen LogP contribution in [-0.4, -0.2) is 8.94 Å². The van der Waals surface area contributed by atoms with Gasteiger partial charge in [0.25, 0.3) is 5.56 Å². The zero-order valence-corrected chi connectivity index (χ0v) is 12.0. The average Bonchev–Trinajstić information content (AvgIpc) is 3.00. The van der Waals surface area contributed by atoms with Crippen molar-refractivity contribution < 1.29 is 0 Å². The zero-order chi connectivity index (χ0) is 13.2. The predicted molar refractivity (Wildman–Crippen MR) is 80.0 cm³/mol. The highest BCUT2D eigenvalue weighted by atomic mass is 32.1. The highest BCUT2D eigenvalue weighted by molar-refractivity contribution is 7.09. The topological polar surface area (TPSA) is 34.9 Å². The molecule has 2 heterocycles. The lowest BCUT2D eigenvalue weighted by atomic mass is 10.1. The van der Waals surface area contributed by atoms with E-state index in [0.717, 1.165) is 21.8 Å². The SMILES string of the molecule is Cc1nc(-c2ccc(Cn3sccc3=O)cc2)cs1. The first kappa shape index (κ1) is 12.3. The minimum Gasteiger partial charge on any atom is -0.268 e. The minimum absolute atomic E-state index is 0.0594. The molecule has 3 rings (SSSR count). The Morgan fingerprint density at radius 1 is 1.21 bits per heavy atom. The Morgan fingerprint density at radius 3 is 2.58 bits per heavy atom. The van der Waals surface area contributed by atoms with Crippen LogP contribution in [0, 0.1) is 6.92 Å². The fraction of sp³-hybridized carbons (Fsp3) is 0.143. The Balaban J connectivity index is 1.83. The maximum Gasteiger partial charge on any atom is 0.260 e. The lowest BCUT2D eigenvalue weighted by Gasteiger charge is -2.02. The van der Waals surface area contributed by atoms with Gasteiger partial charge >= 0.3 is 0 Å². The lowest BCUT2D eigenvalue weighted by molar-refractivity contribution is 0.849. The van der Waals surface area contributed by atoms with E-state index in [2.05, 4.69) is 34.6 Å². The number of hydrogen-bond acceptors (Lipinski definition) is 4. The van der Waals surface area contributed by atoms with Crippen molar-refractivity contribution in [3.8, 4) is 11.3 Å². The van der Waals surface area contributed by atoms with Crippen molar-refractivity contribution in [2.45, 2.75) is 13.5 Å². The predicted octanol–water partition coefficient (Wildman–Crippen LogP) is 3.39. The van der Waals surface area contributed by atoms with E-state index in [9.17, 15) is 4.79 Å². The molecule has 0 bridgehead atoms. The van der Waals surface area contributed by atoms with Crippen molar-refractivity contribution in [2.75, 3.05) is 0 Å². The maximum atomic E-state index is 11.5. The number of aryl methyl sites for hydroxylation is 1. The first-order valence-corrected chi connectivity index (χ1v) is 7.60. The zero-order valence-electron chi connectivity index (χ0n) is 10.4. The highest BCUT2D eigenvalue weighted by Crippen LogP contribution is 2.22. The number of benzene rings is 1. The quantitative estimate of drug-likeness (QED) is 0.740. The first-order valence-electron chi connectivity index (χ1n) is 5.88. The third-order valence-electron chi connectivity index (χ3n) is 2.84. The summed E-state index contributed by atoms with van der Waals surface area (Å²) in [5.74, 6) is 0. The molecule has 0 atom stereocenters. The molecule has 0 aliphatic rings. The molecular formula is C14H12N2OS2. The Bertz CT molecular complexity index is 737. The molecule has 0 spiro atoms. The van der Waals surface area contributed by atoms with Gasteiger partial charge in [-0.25, -0.2) is 4.98 Å². The number of nitrogens with zero attached hydrogens (tertiary/aromatic N) is 2. The van der Waals surface area contributed by atoms with Crippen LogP contribution in [0.25, 0.3) is 11.3 Å². The number of aromatic nitrogens is 2. The van der Waals surface area contributed by atoms with Gasteiger partial charge in [-0.1, -0.05) is 35.8 Å². The van der Waals surface area contributed by atoms with E-state index < -0.39 is 0 Å². The molecule has 0 saturated carbocycles. The van der Waals surface area contributed by atoms with Crippen LogP contribution in [0.4, 0.5) is 0 Å². The molecule has 0 amide bonds. The maximum absolute atomic E-state index is 11.5. The van der Waals surface area contributed by atoms with Crippen LogP contribution in [0.3, 0.4) is 0 Å². The van der Waals surface area contributed by atoms with Crippen molar-refractivity contribution >= 4 is 22.9 Å². The second-order valence-electron chi connectivity index (χ2n) is 4.23. The van der Waals surface area contributed by atoms with Crippen LogP contribution >= 0.6 is 22.9 Å². The smallest absolute Gasteiger partial charge is 0.260 e. The monoisotopic (exact) mass is 288 g/mol. The van der Waals surface area contributed by atoms with Crippen molar-refractivity contribution in [1.82, 2.24) is 8.94 Å². The van der Waals surface area contributed by atoms with Crippen LogP contribution in [0.5, 0.6) is 0 Å². The van der Waals surface area contributed by atoms with E-state index in [1.807, 2.05) is 12.3 Å². The van der Waals surface area contributed by atoms with E-state index >= 15 is 0 Å². The Hall–Kier alpha value is -1.72. The average molecular weight is 288 g/mol. The summed E-state index contributed by atoms with van der Waals surface area (Å²) in [6, 6.07) is 9.81. The third-order valence-corrected chi connectivity index (χ3v) is 4.43. The van der Waals surface area contributed by atoms with Gasteiger partial charge in [-0.2, -0.15) is 0 Å². The van der Waals surface area contributed by atoms with Crippen molar-refractivity contribution in [1.29, 1.82) is 0 Å². The molecule has 2 aromatic heterocycles. The summed E-state index contributed by atoms with van der Waals surface area (Å²) in [7, 11) is 0. The standard InChI is InChI=1S/C14H12N2OS2/c1-10-15-13(9-18-10)12-4-2-11(3-5-12)8-16-14(17)6-7-19-16/h2-7,9H,8H2,1H3. The molecule has 0 fully saturated rings. The second kappa shape index (κ2) is 5.11. The van der Waals surface area contributed by atoms with Gasteiger partial charge in [0.1, 0.15) is 0 Å². The normalized spacial score (nSPS) is 10.8. The van der Waals surface area contributed by atoms with Gasteiger partial charge in [0.15, 0.2) is 0 Å². The van der Waals surface area contributed by atoms with E-state index in [0.29, 0.717) is 6.54 Å². The fourth-order valence-electron chi connectivity index (χ4n) is 1.86. The van der Waals surface area contributed by atoms with Crippen LogP contribution in [0.15, 0.2) is 45.9 Å². The van der Waals surface area contributed by atoms with E-state index in [-0.39, 0.29) is 5.56 Å². The van der Waals surface area contributed by atoms with Gasteiger partial charge < -0.3 is 0 Å². The van der Waals surface area contributed by atoms with Crippen molar-refractivity contribution in [3.05, 3.63) is 62.0 Å². The van der Waals surface area contributed by atoms with Crippen molar-refractivity contribution in [3.63, 3.8) is 0 Å². The molecule has 19 heavy (non-hydrogen) atoms. The largest absolute Gasteiger partial charge is 0.268 e. The van der Waals surface area contributed by atoms with Gasteiger partial charge in [-0.3, -0.25) is 8.75 Å². The molecule has 3 aromatic rings. The molecule has 0 N–H and O–H groups in total. The lowest BCUT2D eigenvalue weighted by Crippen LogP contribution is -2.12. The summed E-state index contributed by atoms with van der Waals surface area (Å²) in [6.07, 6.45) is 0. The van der Waals surface area contributed by atoms with Crippen LogP contribution < -0.4 is 5.56 Å². The molecule has 3 nitrogen and oxygen atoms in total. The summed E-state index contributed by atoms with van der Waals surface area (Å²) >= 11 is 3.10. The summed E-state index contributed by atoms with van der Waals surface area (Å²) in [5.41, 5.74) is 3.32. The molecule has 0 unspecified atom stereocenters. The van der Waals surface area contributed by atoms with E-state index in [4.69, 9.17) is 0 Å². The van der Waals surface area contributed by atoms with Gasteiger partial charge in [-0.05, 0) is 12.5 Å². The highest BCUT2D eigenvalue weighted by Gasteiger charge is 2.03. The fourth-order valence-corrected chi connectivity index (χ4v) is 3.19. The Labute approximate surface area is 119 Å². The van der Waals surface area contributed by atoms with E-state index in [1.165, 1.54) is 11.5 Å². The molecule has 0 aliphatic heterocycles. The summed E-state index contributed by atoms with van der Waals surface area (Å²) in [4.78, 5) is 15.9. The summed E-state index contributed by atoms with van der Waals surface area (Å²) in [6.45, 7) is 2.64. The third kappa shape index (κ3) is 2.67. The van der Waals surface area contributed by atoms with Gasteiger partial charge in [0.05, 0.1) is 17.2 Å². The molecule has 0 aliphatic carbocycles. The molecule has 0 radical (unpaired) electrons. The van der Waals surface area contributed by atoms with Crippen LogP contribution in [0.2, 0.25) is 0 Å². The molecular weight excluding hydrogens is 276 g/mol. The number of rotatable bonds is 3. The molecule has 0 saturated heterocycles. The first-order chi connectivity index (χ1) is 9.22. The Kier molecular flexibility index (Phi) is 3.31. The van der Waals surface area contributed by atoms with E-state index in [1.54, 1.807) is 21.4 Å². The second-order valence-corrected chi connectivity index (χ2v) is 6.22. The molecule has 5 heteroatoms. The number of hydrogen-bond donors (Lipinski definition) is 0. The summed E-state index contributed by atoms with van der Waals surface area (Å²) in [5, 5.41) is 4.95. The molecule has 1 aromatic carbocycles. The van der Waals surface area contributed by atoms with Gasteiger partial charge in [0, 0.05) is 22.4 Å². The number of thiazole rings is 1. The minimum atomic E-state index is 0.0594. The van der Waals surface area contributed by atoms with Gasteiger partial charge in [-0.15, -0.1) is 11.3 Å². The van der Waals surface area contributed by atoms with Gasteiger partial charge in [0.2, 0.25) is 0 Å². The Morgan fingerprint density at radius 2 is 2.00 bits per heavy atom. The van der Waals surface area contributed by atoms with Crippen molar-refractivity contribution in [2.24, 2.45) is 0 Å². The van der Waals surface area contributed by atoms with Crippen LogP contribution in [0.1, 0.15) is 10.6 Å². The summed E-state index contributed by atoms with van der Waals surface area (Å²) < 4.78 is 1.74.